The number of aromatic amines is 1. The van der Waals surface area contributed by atoms with Crippen LogP contribution in [0.5, 0.6) is 0 Å². The second-order valence-electron chi connectivity index (χ2n) is 8.93. The second-order valence-corrected chi connectivity index (χ2v) is 11.4. The Hall–Kier alpha value is -2.61. The molecular weight excluding hydrogens is 428 g/mol. The van der Waals surface area contributed by atoms with Gasteiger partial charge in [-0.3, -0.25) is 13.9 Å². The van der Waals surface area contributed by atoms with Gasteiger partial charge in [-0.15, -0.1) is 0 Å². The number of imidazole rings is 1. The van der Waals surface area contributed by atoms with E-state index in [0.717, 1.165) is 53.6 Å². The van der Waals surface area contributed by atoms with Gasteiger partial charge < -0.3 is 14.5 Å². The molecule has 32 heavy (non-hydrogen) atoms. The van der Waals surface area contributed by atoms with E-state index in [9.17, 15) is 13.9 Å². The molecule has 5 rings (SSSR count). The number of fused-ring (bicyclic) bond motifs is 3. The SMILES string of the molecule is N#CCC1CCC(n2c(CC(=O)N3CCS(O)(O)CC3)nc3cnc4[nH]ccc4c32)CC1. The van der Waals surface area contributed by atoms with Gasteiger partial charge in [-0.25, -0.2) is 9.97 Å². The molecular formula is C22H28N6O3S. The van der Waals surface area contributed by atoms with E-state index in [-0.39, 0.29) is 29.9 Å². The molecule has 9 nitrogen and oxygen atoms in total. The molecule has 0 atom stereocenters. The fourth-order valence-corrected chi connectivity index (χ4v) is 6.35. The van der Waals surface area contributed by atoms with E-state index in [2.05, 4.69) is 20.6 Å². The van der Waals surface area contributed by atoms with E-state index in [1.165, 1.54) is 0 Å². The van der Waals surface area contributed by atoms with Crippen LogP contribution in [0.15, 0.2) is 18.5 Å². The monoisotopic (exact) mass is 456 g/mol. The lowest BCUT2D eigenvalue weighted by Crippen LogP contribution is -2.43. The van der Waals surface area contributed by atoms with Gasteiger partial charge in [-0.1, -0.05) is 0 Å². The molecule has 1 aliphatic heterocycles. The molecule has 3 aromatic heterocycles. The summed E-state index contributed by atoms with van der Waals surface area (Å²) in [4.78, 5) is 27.3. The third-order valence-corrected chi connectivity index (χ3v) is 8.58. The highest BCUT2D eigenvalue weighted by atomic mass is 32.3. The normalized spacial score (nSPS) is 24.5. The zero-order valence-electron chi connectivity index (χ0n) is 17.9. The molecule has 2 fully saturated rings. The van der Waals surface area contributed by atoms with Gasteiger partial charge in [0.05, 0.1) is 35.7 Å². The highest BCUT2D eigenvalue weighted by Crippen LogP contribution is 2.41. The summed E-state index contributed by atoms with van der Waals surface area (Å²) in [6.07, 6.45) is 8.31. The minimum absolute atomic E-state index is 0.0344. The van der Waals surface area contributed by atoms with Gasteiger partial charge in [-0.05, 0) is 37.7 Å². The molecule has 3 N–H and O–H groups in total. The van der Waals surface area contributed by atoms with Gasteiger partial charge in [-0.2, -0.15) is 15.9 Å². The first-order valence-corrected chi connectivity index (χ1v) is 13.0. The Morgan fingerprint density at radius 3 is 2.72 bits per heavy atom. The van der Waals surface area contributed by atoms with Crippen molar-refractivity contribution in [3.05, 3.63) is 24.3 Å². The molecule has 1 saturated carbocycles. The summed E-state index contributed by atoms with van der Waals surface area (Å²) in [5.74, 6) is 1.63. The fraction of sp³-hybridized carbons (Fsp3) is 0.545. The van der Waals surface area contributed by atoms with Crippen LogP contribution in [0.25, 0.3) is 22.1 Å². The molecule has 0 unspecified atom stereocenters. The van der Waals surface area contributed by atoms with Crippen LogP contribution in [0.2, 0.25) is 0 Å². The van der Waals surface area contributed by atoms with Crippen molar-refractivity contribution in [3.63, 3.8) is 0 Å². The first-order chi connectivity index (χ1) is 15.4. The predicted octanol–water partition coefficient (Wildman–Crippen LogP) is 3.69. The zero-order valence-corrected chi connectivity index (χ0v) is 18.7. The summed E-state index contributed by atoms with van der Waals surface area (Å²) < 4.78 is 22.0. The number of aromatic nitrogens is 4. The Morgan fingerprint density at radius 1 is 1.25 bits per heavy atom. The van der Waals surface area contributed by atoms with Crippen molar-refractivity contribution in [2.75, 3.05) is 24.6 Å². The maximum Gasteiger partial charge on any atom is 0.230 e. The van der Waals surface area contributed by atoms with Gasteiger partial charge in [0, 0.05) is 37.1 Å². The largest absolute Gasteiger partial charge is 0.346 e. The molecule has 0 spiro atoms. The van der Waals surface area contributed by atoms with Crippen LogP contribution < -0.4 is 0 Å². The molecule has 0 bridgehead atoms. The summed E-state index contributed by atoms with van der Waals surface area (Å²) in [6, 6.07) is 4.53. The van der Waals surface area contributed by atoms with Crippen LogP contribution in [0.1, 0.15) is 44.0 Å². The van der Waals surface area contributed by atoms with E-state index in [1.807, 2.05) is 12.3 Å². The second kappa shape index (κ2) is 8.39. The summed E-state index contributed by atoms with van der Waals surface area (Å²) in [6.45, 7) is 0.731. The standard InChI is InChI=1S/C22H28N6O3S/c23-7-5-15-1-3-16(4-2-15)28-19(13-20(29)27-9-11-32(30,31)12-10-27)26-18-14-25-22-17(21(18)28)6-8-24-22/h6,8,14-16,30-31H,1-5,9-13H2,(H,24,25). The van der Waals surface area contributed by atoms with E-state index >= 15 is 0 Å². The number of hydrogen-bond acceptors (Lipinski definition) is 6. The summed E-state index contributed by atoms with van der Waals surface area (Å²) in [5.41, 5.74) is 2.60. The van der Waals surface area contributed by atoms with Crippen molar-refractivity contribution in [1.82, 2.24) is 24.4 Å². The fourth-order valence-electron chi connectivity index (χ4n) is 5.12. The number of H-pyrrole nitrogens is 1. The lowest BCUT2D eigenvalue weighted by molar-refractivity contribution is -0.130. The van der Waals surface area contributed by atoms with Crippen LogP contribution in [-0.4, -0.2) is 64.0 Å². The number of nitrogens with zero attached hydrogens (tertiary/aromatic N) is 5. The molecule has 3 aromatic rings. The number of carbonyl (C=O) groups is 1. The van der Waals surface area contributed by atoms with E-state index in [4.69, 9.17) is 10.2 Å². The van der Waals surface area contributed by atoms with Crippen LogP contribution in [0.3, 0.4) is 0 Å². The minimum Gasteiger partial charge on any atom is -0.346 e. The first kappa shape index (κ1) is 21.2. The van der Waals surface area contributed by atoms with Crippen LogP contribution in [0.4, 0.5) is 0 Å². The molecule has 1 aliphatic carbocycles. The van der Waals surface area contributed by atoms with Gasteiger partial charge in [0.1, 0.15) is 17.0 Å². The zero-order chi connectivity index (χ0) is 22.3. The lowest BCUT2D eigenvalue weighted by atomic mass is 9.84. The van der Waals surface area contributed by atoms with Crippen molar-refractivity contribution in [1.29, 1.82) is 5.26 Å². The molecule has 1 saturated heterocycles. The number of nitriles is 1. The Labute approximate surface area is 187 Å². The van der Waals surface area contributed by atoms with Crippen molar-refractivity contribution >= 4 is 38.6 Å². The summed E-state index contributed by atoms with van der Waals surface area (Å²) >= 11 is 0. The Balaban J connectivity index is 1.48. The molecule has 2 aliphatic rings. The first-order valence-electron chi connectivity index (χ1n) is 11.2. The number of hydrogen-bond donors (Lipinski definition) is 3. The molecule has 10 heteroatoms. The molecule has 0 aromatic carbocycles. The van der Waals surface area contributed by atoms with E-state index in [0.29, 0.717) is 25.4 Å². The summed E-state index contributed by atoms with van der Waals surface area (Å²) in [5, 5.41) is 10.1. The summed E-state index contributed by atoms with van der Waals surface area (Å²) in [7, 11) is -2.55. The minimum atomic E-state index is -2.55. The topological polar surface area (TPSA) is 131 Å². The van der Waals surface area contributed by atoms with Crippen molar-refractivity contribution in [2.45, 2.75) is 44.6 Å². The van der Waals surface area contributed by atoms with Crippen LogP contribution in [-0.2, 0) is 11.2 Å². The third kappa shape index (κ3) is 3.96. The Morgan fingerprint density at radius 2 is 2.00 bits per heavy atom. The molecule has 1 amide bonds. The molecule has 0 radical (unpaired) electrons. The van der Waals surface area contributed by atoms with Crippen LogP contribution in [0, 0.1) is 17.2 Å². The highest BCUT2D eigenvalue weighted by molar-refractivity contribution is 8.24. The number of pyridine rings is 1. The van der Waals surface area contributed by atoms with Crippen molar-refractivity contribution in [2.24, 2.45) is 5.92 Å². The van der Waals surface area contributed by atoms with E-state index < -0.39 is 10.6 Å². The third-order valence-electron chi connectivity index (χ3n) is 6.91. The van der Waals surface area contributed by atoms with Gasteiger partial charge >= 0.3 is 0 Å². The van der Waals surface area contributed by atoms with Gasteiger partial charge in [0.25, 0.3) is 0 Å². The predicted molar refractivity (Wildman–Crippen MR) is 123 cm³/mol. The number of amides is 1. The smallest absolute Gasteiger partial charge is 0.230 e. The lowest BCUT2D eigenvalue weighted by Gasteiger charge is -2.41. The number of nitrogens with one attached hydrogen (secondary N) is 1. The molecule has 170 valence electrons. The number of carbonyl (C=O) groups excluding carboxylic acids is 1. The maximum absolute atomic E-state index is 13.1. The number of rotatable bonds is 4. The average molecular weight is 457 g/mol. The highest BCUT2D eigenvalue weighted by Gasteiger charge is 2.30. The average Bonchev–Trinajstić information content (AvgIpc) is 3.38. The Bertz CT molecular complexity index is 1180. The van der Waals surface area contributed by atoms with Gasteiger partial charge in [0.15, 0.2) is 0 Å². The Kier molecular flexibility index (Phi) is 5.57. The quantitative estimate of drug-likeness (QED) is 0.549. The maximum atomic E-state index is 13.1. The van der Waals surface area contributed by atoms with Crippen molar-refractivity contribution in [3.8, 4) is 6.07 Å². The van der Waals surface area contributed by atoms with Crippen LogP contribution >= 0.6 is 10.6 Å². The van der Waals surface area contributed by atoms with E-state index in [1.54, 1.807) is 11.1 Å². The van der Waals surface area contributed by atoms with Gasteiger partial charge in [0.2, 0.25) is 5.91 Å². The molecule has 4 heterocycles. The van der Waals surface area contributed by atoms with Crippen molar-refractivity contribution < 1.29 is 13.9 Å².